The van der Waals surface area contributed by atoms with E-state index in [0.717, 1.165) is 4.57 Å². The standard InChI is InChI=1S/C20H21FN4O6/c1-2-15(19(30)24-14(10-17(27)28)16(26)11-21)25-9-5-7-13(20(25)31)23-18(29)12-6-3-4-8-22-12/h3-9,14-15H,2,10-11H2,1H3,(H,23,29)(H,24,30)(H,27,28)/t14?,15-/m0/s1. The van der Waals surface area contributed by atoms with Gasteiger partial charge < -0.3 is 20.3 Å². The van der Waals surface area contributed by atoms with E-state index in [1.165, 1.54) is 30.6 Å². The van der Waals surface area contributed by atoms with Crippen LogP contribution in [0.4, 0.5) is 10.1 Å². The molecule has 3 N–H and O–H groups in total. The number of Topliss-reactive ketones (excluding diaryl/α,β-unsaturated/α-hetero) is 1. The molecule has 0 fully saturated rings. The van der Waals surface area contributed by atoms with E-state index in [4.69, 9.17) is 5.11 Å². The number of hydrogen-bond donors (Lipinski definition) is 3. The summed E-state index contributed by atoms with van der Waals surface area (Å²) in [6.45, 7) is 0.156. The predicted molar refractivity (Wildman–Crippen MR) is 107 cm³/mol. The Labute approximate surface area is 176 Å². The van der Waals surface area contributed by atoms with Gasteiger partial charge in [-0.2, -0.15) is 0 Å². The fourth-order valence-corrected chi connectivity index (χ4v) is 2.82. The summed E-state index contributed by atoms with van der Waals surface area (Å²) in [4.78, 5) is 64.2. The van der Waals surface area contributed by atoms with E-state index in [2.05, 4.69) is 15.6 Å². The summed E-state index contributed by atoms with van der Waals surface area (Å²) in [5.74, 6) is -3.93. The number of carbonyl (C=O) groups excluding carboxylic acids is 3. The Morgan fingerprint density at radius 1 is 1.19 bits per heavy atom. The molecule has 0 aromatic carbocycles. The third kappa shape index (κ3) is 6.04. The van der Waals surface area contributed by atoms with Crippen molar-refractivity contribution < 1.29 is 28.7 Å². The van der Waals surface area contributed by atoms with Gasteiger partial charge in [-0.05, 0) is 30.7 Å². The molecule has 2 heterocycles. The lowest BCUT2D eigenvalue weighted by atomic mass is 10.1. The van der Waals surface area contributed by atoms with Crippen LogP contribution in [0.25, 0.3) is 0 Å². The molecule has 0 saturated heterocycles. The van der Waals surface area contributed by atoms with Gasteiger partial charge in [0.25, 0.3) is 11.5 Å². The van der Waals surface area contributed by atoms with Gasteiger partial charge in [0, 0.05) is 12.4 Å². The molecule has 1 unspecified atom stereocenters. The monoisotopic (exact) mass is 432 g/mol. The van der Waals surface area contributed by atoms with E-state index < -0.39 is 54.3 Å². The number of aromatic nitrogens is 2. The summed E-state index contributed by atoms with van der Waals surface area (Å²) in [5, 5.41) is 13.5. The zero-order chi connectivity index (χ0) is 23.0. The van der Waals surface area contributed by atoms with Crippen molar-refractivity contribution in [3.8, 4) is 0 Å². The lowest BCUT2D eigenvalue weighted by Crippen LogP contribution is -2.47. The van der Waals surface area contributed by atoms with Crippen LogP contribution >= 0.6 is 0 Å². The zero-order valence-electron chi connectivity index (χ0n) is 16.6. The third-order valence-electron chi connectivity index (χ3n) is 4.36. The summed E-state index contributed by atoms with van der Waals surface area (Å²) in [7, 11) is 0. The Hall–Kier alpha value is -3.89. The van der Waals surface area contributed by atoms with Crippen LogP contribution in [-0.4, -0.2) is 50.9 Å². The number of ketones is 1. The Bertz CT molecular complexity index is 1020. The van der Waals surface area contributed by atoms with E-state index >= 15 is 0 Å². The first kappa shape index (κ1) is 23.4. The number of anilines is 1. The molecular weight excluding hydrogens is 411 g/mol. The highest BCUT2D eigenvalue weighted by Crippen LogP contribution is 2.13. The van der Waals surface area contributed by atoms with Crippen molar-refractivity contribution in [1.29, 1.82) is 0 Å². The molecule has 0 aliphatic rings. The molecule has 10 nitrogen and oxygen atoms in total. The van der Waals surface area contributed by atoms with Crippen molar-refractivity contribution in [2.75, 3.05) is 12.0 Å². The maximum atomic E-state index is 12.8. The minimum absolute atomic E-state index is 0.0864. The highest BCUT2D eigenvalue weighted by Gasteiger charge is 2.28. The number of amides is 2. The SMILES string of the molecule is CC[C@@H](C(=O)NC(CC(=O)O)C(=O)CF)n1cccc(NC(=O)c2ccccn2)c1=O. The minimum Gasteiger partial charge on any atom is -0.481 e. The Balaban J connectivity index is 2.26. The van der Waals surface area contributed by atoms with Crippen LogP contribution in [0.15, 0.2) is 47.5 Å². The molecule has 31 heavy (non-hydrogen) atoms. The molecule has 2 amide bonds. The van der Waals surface area contributed by atoms with Crippen molar-refractivity contribution in [2.45, 2.75) is 31.8 Å². The maximum absolute atomic E-state index is 12.8. The lowest BCUT2D eigenvalue weighted by molar-refractivity contribution is -0.140. The Morgan fingerprint density at radius 2 is 1.94 bits per heavy atom. The van der Waals surface area contributed by atoms with Crippen LogP contribution in [-0.2, 0) is 14.4 Å². The molecule has 2 aromatic heterocycles. The van der Waals surface area contributed by atoms with Crippen LogP contribution in [0.5, 0.6) is 0 Å². The van der Waals surface area contributed by atoms with E-state index in [-0.39, 0.29) is 17.8 Å². The molecule has 0 spiro atoms. The quantitative estimate of drug-likeness (QED) is 0.506. The molecular formula is C20H21FN4O6. The number of carboxylic acid groups (broad SMARTS) is 1. The van der Waals surface area contributed by atoms with Crippen molar-refractivity contribution in [3.63, 3.8) is 0 Å². The summed E-state index contributed by atoms with van der Waals surface area (Å²) in [6.07, 6.45) is 2.05. The summed E-state index contributed by atoms with van der Waals surface area (Å²) < 4.78 is 13.8. The predicted octanol–water partition coefficient (Wildman–Crippen LogP) is 0.945. The van der Waals surface area contributed by atoms with Gasteiger partial charge in [0.2, 0.25) is 5.91 Å². The topological polar surface area (TPSA) is 147 Å². The second-order valence-electron chi connectivity index (χ2n) is 6.49. The van der Waals surface area contributed by atoms with Gasteiger partial charge in [-0.25, -0.2) is 4.39 Å². The summed E-state index contributed by atoms with van der Waals surface area (Å²) in [5.41, 5.74) is -0.713. The van der Waals surface area contributed by atoms with Crippen molar-refractivity contribution in [1.82, 2.24) is 14.9 Å². The normalized spacial score (nSPS) is 12.5. The maximum Gasteiger partial charge on any atom is 0.305 e. The highest BCUT2D eigenvalue weighted by atomic mass is 19.1. The first-order chi connectivity index (χ1) is 14.8. The lowest BCUT2D eigenvalue weighted by Gasteiger charge is -2.22. The van der Waals surface area contributed by atoms with Gasteiger partial charge >= 0.3 is 5.97 Å². The smallest absolute Gasteiger partial charge is 0.305 e. The second kappa shape index (κ2) is 10.8. The first-order valence-electron chi connectivity index (χ1n) is 9.32. The number of carbonyl (C=O) groups is 4. The summed E-state index contributed by atoms with van der Waals surface area (Å²) in [6, 6.07) is 4.80. The van der Waals surface area contributed by atoms with Gasteiger partial charge in [0.05, 0.1) is 6.42 Å². The van der Waals surface area contributed by atoms with Crippen molar-refractivity contribution in [2.24, 2.45) is 0 Å². The number of pyridine rings is 2. The molecule has 0 saturated carbocycles. The molecule has 2 atom stereocenters. The fraction of sp³-hybridized carbons (Fsp3) is 0.300. The van der Waals surface area contributed by atoms with E-state index in [0.29, 0.717) is 0 Å². The van der Waals surface area contributed by atoms with Crippen molar-refractivity contribution >= 4 is 29.3 Å². The zero-order valence-corrected chi connectivity index (χ0v) is 16.6. The molecule has 0 bridgehead atoms. The van der Waals surface area contributed by atoms with Gasteiger partial charge in [-0.1, -0.05) is 13.0 Å². The van der Waals surface area contributed by atoms with Crippen LogP contribution in [0.1, 0.15) is 36.3 Å². The van der Waals surface area contributed by atoms with E-state index in [1.54, 1.807) is 19.1 Å². The number of nitrogens with zero attached hydrogens (tertiary/aromatic N) is 2. The molecule has 0 radical (unpaired) electrons. The van der Waals surface area contributed by atoms with E-state index in [1.807, 2.05) is 0 Å². The van der Waals surface area contributed by atoms with E-state index in [9.17, 15) is 28.4 Å². The number of aliphatic carboxylic acids is 1. The molecule has 11 heteroatoms. The number of nitrogens with one attached hydrogen (secondary N) is 2. The third-order valence-corrected chi connectivity index (χ3v) is 4.36. The molecule has 0 aliphatic carbocycles. The van der Waals surface area contributed by atoms with Crippen LogP contribution < -0.4 is 16.2 Å². The number of carboxylic acids is 1. The molecule has 164 valence electrons. The number of rotatable bonds is 10. The highest BCUT2D eigenvalue weighted by molar-refractivity contribution is 6.02. The first-order valence-corrected chi connectivity index (χ1v) is 9.32. The van der Waals surface area contributed by atoms with Crippen LogP contribution in [0.3, 0.4) is 0 Å². The largest absolute Gasteiger partial charge is 0.481 e. The Morgan fingerprint density at radius 3 is 2.52 bits per heavy atom. The van der Waals surface area contributed by atoms with Crippen LogP contribution in [0, 0.1) is 0 Å². The molecule has 2 aromatic rings. The van der Waals surface area contributed by atoms with Gasteiger partial charge in [-0.3, -0.25) is 29.0 Å². The molecule has 2 rings (SSSR count). The Kier molecular flexibility index (Phi) is 8.12. The van der Waals surface area contributed by atoms with Crippen molar-refractivity contribution in [3.05, 3.63) is 58.8 Å². The van der Waals surface area contributed by atoms with Gasteiger partial charge in [0.15, 0.2) is 5.78 Å². The average Bonchev–Trinajstić information content (AvgIpc) is 2.75. The number of halogens is 1. The fourth-order valence-electron chi connectivity index (χ4n) is 2.82. The number of hydrogen-bond acceptors (Lipinski definition) is 6. The van der Waals surface area contributed by atoms with Crippen LogP contribution in [0.2, 0.25) is 0 Å². The molecule has 0 aliphatic heterocycles. The number of alkyl halides is 1. The van der Waals surface area contributed by atoms with Gasteiger partial charge in [0.1, 0.15) is 30.1 Å². The van der Waals surface area contributed by atoms with Gasteiger partial charge in [-0.15, -0.1) is 0 Å². The second-order valence-corrected chi connectivity index (χ2v) is 6.49. The average molecular weight is 432 g/mol. The minimum atomic E-state index is -1.56. The summed E-state index contributed by atoms with van der Waals surface area (Å²) >= 11 is 0.